The predicted octanol–water partition coefficient (Wildman–Crippen LogP) is 5.79. The number of hydrogen-bond donors (Lipinski definition) is 0. The summed E-state index contributed by atoms with van der Waals surface area (Å²) in [7, 11) is 0. The van der Waals surface area contributed by atoms with Crippen molar-refractivity contribution < 1.29 is 19.1 Å². The molecule has 1 aromatic rings. The van der Waals surface area contributed by atoms with Crippen LogP contribution in [-0.4, -0.2) is 52.2 Å². The number of benzene rings is 1. The van der Waals surface area contributed by atoms with E-state index in [-0.39, 0.29) is 34.4 Å². The molecule has 0 spiro atoms. The van der Waals surface area contributed by atoms with Crippen molar-refractivity contribution in [2.45, 2.75) is 129 Å². The lowest BCUT2D eigenvalue weighted by Gasteiger charge is -2.59. The molecule has 35 heavy (non-hydrogen) atoms. The summed E-state index contributed by atoms with van der Waals surface area (Å²) in [6.07, 6.45) is 2.91. The fourth-order valence-corrected chi connectivity index (χ4v) is 7.54. The number of aryl methyl sites for hydroxylation is 1. The number of ether oxygens (including phenoxy) is 2. The van der Waals surface area contributed by atoms with E-state index < -0.39 is 0 Å². The van der Waals surface area contributed by atoms with Crippen LogP contribution in [0, 0.1) is 13.0 Å². The Balaban J connectivity index is 2.09. The average Bonchev–Trinajstić information content (AvgIpc) is 2.64. The topological polar surface area (TPSA) is 59.1 Å². The number of carbonyl (C=O) groups excluding carboxylic acids is 2. The van der Waals surface area contributed by atoms with Crippen LogP contribution in [0.15, 0.2) is 18.2 Å². The van der Waals surface area contributed by atoms with Crippen LogP contribution >= 0.6 is 0 Å². The van der Waals surface area contributed by atoms with Gasteiger partial charge in [0.05, 0.1) is 6.04 Å². The highest BCUT2D eigenvalue weighted by Crippen LogP contribution is 2.49. The zero-order valence-electron chi connectivity index (χ0n) is 23.4. The van der Waals surface area contributed by atoms with Crippen molar-refractivity contribution in [2.75, 3.05) is 4.90 Å². The second kappa shape index (κ2) is 9.42. The number of carbonyl (C=O) groups is 2. The molecule has 6 nitrogen and oxygen atoms in total. The first-order valence-corrected chi connectivity index (χ1v) is 12.8. The maximum Gasteiger partial charge on any atom is 0.293 e. The van der Waals surface area contributed by atoms with Gasteiger partial charge in [-0.2, -0.15) is 0 Å². The molecule has 0 bridgehead atoms. The molecule has 1 aromatic carbocycles. The molecule has 0 aliphatic carbocycles. The zero-order valence-corrected chi connectivity index (χ0v) is 23.4. The van der Waals surface area contributed by atoms with Gasteiger partial charge in [0.2, 0.25) is 0 Å². The number of likely N-dealkylation sites (tertiary alicyclic amines) is 1. The Kier molecular flexibility index (Phi) is 7.40. The number of nitrogens with zero attached hydrogens (tertiary/aromatic N) is 2. The molecule has 0 amide bonds. The van der Waals surface area contributed by atoms with Crippen LogP contribution in [0.3, 0.4) is 0 Å². The summed E-state index contributed by atoms with van der Waals surface area (Å²) in [6.45, 7) is 23.5. The van der Waals surface area contributed by atoms with Crippen molar-refractivity contribution in [3.05, 3.63) is 35.4 Å². The van der Waals surface area contributed by atoms with Crippen molar-refractivity contribution in [3.8, 4) is 0 Å². The number of rotatable bonds is 7. The SMILES string of the molecule is C[C](c1ccc(C)cc1N1C(C)(C)CC(OC=O)CC1(C)C)N1C(C)(C)CC(OC=O)CC1(C)C. The minimum absolute atomic E-state index is 0.0891. The van der Waals surface area contributed by atoms with Crippen LogP contribution in [-0.2, 0) is 19.1 Å². The summed E-state index contributed by atoms with van der Waals surface area (Å²) < 4.78 is 10.9. The Hall–Kier alpha value is -2.08. The molecule has 0 unspecified atom stereocenters. The lowest BCUT2D eigenvalue weighted by molar-refractivity contribution is -0.144. The molecule has 2 fully saturated rings. The first-order valence-electron chi connectivity index (χ1n) is 12.8. The molecule has 0 saturated carbocycles. The van der Waals surface area contributed by atoms with Crippen molar-refractivity contribution in [2.24, 2.45) is 0 Å². The van der Waals surface area contributed by atoms with Gasteiger partial charge < -0.3 is 14.4 Å². The highest BCUT2D eigenvalue weighted by Gasteiger charge is 2.51. The maximum absolute atomic E-state index is 11.1. The third-order valence-electron chi connectivity index (χ3n) is 7.95. The van der Waals surface area contributed by atoms with Crippen LogP contribution in [0.5, 0.6) is 0 Å². The number of hydrogen-bond acceptors (Lipinski definition) is 6. The Morgan fingerprint density at radius 2 is 1.23 bits per heavy atom. The van der Waals surface area contributed by atoms with Crippen molar-refractivity contribution in [1.82, 2.24) is 4.90 Å². The van der Waals surface area contributed by atoms with E-state index in [1.165, 1.54) is 22.9 Å². The monoisotopic (exact) mass is 485 g/mol. The van der Waals surface area contributed by atoms with E-state index in [0.717, 1.165) is 25.7 Å². The van der Waals surface area contributed by atoms with Gasteiger partial charge in [-0.3, -0.25) is 14.5 Å². The Morgan fingerprint density at radius 1 is 0.800 bits per heavy atom. The van der Waals surface area contributed by atoms with Gasteiger partial charge in [0.1, 0.15) is 12.2 Å². The van der Waals surface area contributed by atoms with Crippen LogP contribution in [0.4, 0.5) is 5.69 Å². The highest BCUT2D eigenvalue weighted by molar-refractivity contribution is 5.64. The van der Waals surface area contributed by atoms with Gasteiger partial charge in [-0.1, -0.05) is 12.1 Å². The Morgan fingerprint density at radius 3 is 1.66 bits per heavy atom. The predicted molar refractivity (Wildman–Crippen MR) is 140 cm³/mol. The molecule has 195 valence electrons. The Bertz CT molecular complexity index is 901. The van der Waals surface area contributed by atoms with E-state index in [9.17, 15) is 9.59 Å². The summed E-state index contributed by atoms with van der Waals surface area (Å²) in [5, 5.41) is 0. The van der Waals surface area contributed by atoms with Gasteiger partial charge in [0, 0.05) is 53.5 Å². The number of piperidine rings is 2. The first kappa shape index (κ1) is 27.5. The van der Waals surface area contributed by atoms with Crippen molar-refractivity contribution in [3.63, 3.8) is 0 Å². The third-order valence-corrected chi connectivity index (χ3v) is 7.95. The van der Waals surface area contributed by atoms with Gasteiger partial charge >= 0.3 is 0 Å². The summed E-state index contributed by atoms with van der Waals surface area (Å²) in [4.78, 5) is 27.3. The smallest absolute Gasteiger partial charge is 0.293 e. The molecule has 2 aliphatic rings. The summed E-state index contributed by atoms with van der Waals surface area (Å²) in [6, 6.07) is 7.95. The number of anilines is 1. The lowest BCUT2D eigenvalue weighted by Crippen LogP contribution is -2.64. The molecule has 0 N–H and O–H groups in total. The fraction of sp³-hybridized carbons (Fsp3) is 0.690. The normalized spacial score (nSPS) is 24.3. The fourth-order valence-electron chi connectivity index (χ4n) is 7.54. The summed E-state index contributed by atoms with van der Waals surface area (Å²) in [5.41, 5.74) is 2.81. The molecule has 2 saturated heterocycles. The van der Waals surface area contributed by atoms with Gasteiger partial charge in [-0.05, 0) is 86.4 Å². The van der Waals surface area contributed by atoms with Crippen molar-refractivity contribution in [1.29, 1.82) is 0 Å². The molecule has 0 aromatic heterocycles. The maximum atomic E-state index is 11.1. The van der Waals surface area contributed by atoms with Crippen molar-refractivity contribution >= 4 is 18.6 Å². The summed E-state index contributed by atoms with van der Waals surface area (Å²) >= 11 is 0. The zero-order chi connectivity index (χ0) is 26.4. The van der Waals surface area contributed by atoms with Gasteiger partial charge in [0.15, 0.2) is 0 Å². The van der Waals surface area contributed by atoms with Gasteiger partial charge in [0.25, 0.3) is 12.9 Å². The van der Waals surface area contributed by atoms with Crippen LogP contribution in [0.25, 0.3) is 0 Å². The first-order chi connectivity index (χ1) is 16.1. The van der Waals surface area contributed by atoms with E-state index >= 15 is 0 Å². The molecule has 0 atom stereocenters. The van der Waals surface area contributed by atoms with E-state index in [2.05, 4.69) is 97.2 Å². The quantitative estimate of drug-likeness (QED) is 0.456. The molecule has 3 rings (SSSR count). The van der Waals surface area contributed by atoms with E-state index in [1.807, 2.05) is 0 Å². The van der Waals surface area contributed by atoms with Crippen LogP contribution < -0.4 is 4.90 Å². The van der Waals surface area contributed by atoms with E-state index in [4.69, 9.17) is 9.47 Å². The third kappa shape index (κ3) is 5.37. The van der Waals surface area contributed by atoms with Gasteiger partial charge in [-0.15, -0.1) is 0 Å². The largest absolute Gasteiger partial charge is 0.464 e. The second-order valence-corrected chi connectivity index (χ2v) is 13.1. The van der Waals surface area contributed by atoms with Gasteiger partial charge in [-0.25, -0.2) is 0 Å². The summed E-state index contributed by atoms with van der Waals surface area (Å²) in [5.74, 6) is 0. The average molecular weight is 486 g/mol. The molecular weight excluding hydrogens is 440 g/mol. The standard InChI is InChI=1S/C29H45N2O4/c1-20-11-12-24(21(2)30-26(3,4)14-22(34-18-32)15-27(30,5)6)25(13-20)31-28(7,8)16-23(35-19-33)17-29(31,9)10/h11-13,18-19,22-23H,14-17H2,1-10H3. The van der Waals surface area contributed by atoms with E-state index in [1.54, 1.807) is 0 Å². The molecule has 6 heteroatoms. The molecule has 2 aliphatic heterocycles. The van der Waals surface area contributed by atoms with Crippen LogP contribution in [0.1, 0.15) is 99.1 Å². The minimum Gasteiger partial charge on any atom is -0.464 e. The van der Waals surface area contributed by atoms with Crippen LogP contribution in [0.2, 0.25) is 0 Å². The Labute approximate surface area is 212 Å². The molecular formula is C29H45N2O4. The minimum atomic E-state index is -0.214. The molecule has 1 radical (unpaired) electrons. The second-order valence-electron chi connectivity index (χ2n) is 13.1. The lowest BCUT2D eigenvalue weighted by atomic mass is 9.75. The van der Waals surface area contributed by atoms with E-state index in [0.29, 0.717) is 12.9 Å². The highest BCUT2D eigenvalue weighted by atomic mass is 16.5. The molecule has 2 heterocycles.